The average Bonchev–Trinajstić information content (AvgIpc) is 2.76. The number of likely N-dealkylation sites (tertiary alicyclic amines) is 1. The van der Waals surface area contributed by atoms with Crippen LogP contribution in [-0.4, -0.2) is 36.1 Å². The molecule has 1 unspecified atom stereocenters. The molecule has 1 aliphatic heterocycles. The third-order valence-electron chi connectivity index (χ3n) is 3.76. The Balaban J connectivity index is 2.06. The van der Waals surface area contributed by atoms with Crippen molar-refractivity contribution in [2.45, 2.75) is 19.9 Å². The topological polar surface area (TPSA) is 52.6 Å². The zero-order chi connectivity index (χ0) is 14.0. The summed E-state index contributed by atoms with van der Waals surface area (Å²) in [6, 6.07) is 5.43. The first kappa shape index (κ1) is 14.3. The van der Waals surface area contributed by atoms with Crippen LogP contribution in [0.3, 0.4) is 0 Å². The highest BCUT2D eigenvalue weighted by Gasteiger charge is 2.39. The highest BCUT2D eigenvalue weighted by Crippen LogP contribution is 2.32. The Morgan fingerprint density at radius 2 is 2.32 bits per heavy atom. The standard InChI is InChI=1S/C14H19BrN2O2/c1-14(13(19)16-2)5-6-17(9-14)8-10-7-11(15)3-4-12(10)18/h3-4,7,18H,5-6,8-9H2,1-2H3,(H,16,19). The number of phenolic OH excluding ortho intramolecular Hbond substituents is 1. The lowest BCUT2D eigenvalue weighted by Gasteiger charge is -2.23. The molecule has 1 atom stereocenters. The van der Waals surface area contributed by atoms with E-state index in [2.05, 4.69) is 26.1 Å². The van der Waals surface area contributed by atoms with Gasteiger partial charge >= 0.3 is 0 Å². The van der Waals surface area contributed by atoms with E-state index in [1.54, 1.807) is 13.1 Å². The highest BCUT2D eigenvalue weighted by molar-refractivity contribution is 9.10. The van der Waals surface area contributed by atoms with Gasteiger partial charge in [0.05, 0.1) is 5.41 Å². The van der Waals surface area contributed by atoms with Gasteiger partial charge in [0.2, 0.25) is 5.91 Å². The second kappa shape index (κ2) is 5.51. The summed E-state index contributed by atoms with van der Waals surface area (Å²) in [4.78, 5) is 14.1. The van der Waals surface area contributed by atoms with Crippen molar-refractivity contribution >= 4 is 21.8 Å². The second-order valence-corrected chi connectivity index (χ2v) is 6.29. The van der Waals surface area contributed by atoms with E-state index in [0.717, 1.165) is 29.5 Å². The monoisotopic (exact) mass is 326 g/mol. The van der Waals surface area contributed by atoms with Gasteiger partial charge in [0.1, 0.15) is 5.75 Å². The maximum absolute atomic E-state index is 11.9. The number of aromatic hydroxyl groups is 1. The number of carbonyl (C=O) groups is 1. The van der Waals surface area contributed by atoms with Crippen molar-refractivity contribution in [3.63, 3.8) is 0 Å². The summed E-state index contributed by atoms with van der Waals surface area (Å²) in [5.74, 6) is 0.394. The van der Waals surface area contributed by atoms with E-state index in [-0.39, 0.29) is 11.3 Å². The minimum absolute atomic E-state index is 0.0912. The number of phenols is 1. The molecule has 4 nitrogen and oxygen atoms in total. The number of hydrogen-bond acceptors (Lipinski definition) is 3. The zero-order valence-electron chi connectivity index (χ0n) is 11.2. The minimum Gasteiger partial charge on any atom is -0.508 e. The van der Waals surface area contributed by atoms with Crippen LogP contribution in [0.1, 0.15) is 18.9 Å². The normalized spacial score (nSPS) is 23.5. The fourth-order valence-corrected chi connectivity index (χ4v) is 3.01. The van der Waals surface area contributed by atoms with Crippen LogP contribution in [0, 0.1) is 5.41 Å². The van der Waals surface area contributed by atoms with E-state index in [1.165, 1.54) is 0 Å². The number of hydrogen-bond donors (Lipinski definition) is 2. The zero-order valence-corrected chi connectivity index (χ0v) is 12.8. The summed E-state index contributed by atoms with van der Waals surface area (Å²) in [5.41, 5.74) is 0.562. The van der Waals surface area contributed by atoms with E-state index in [0.29, 0.717) is 12.3 Å². The van der Waals surface area contributed by atoms with E-state index in [9.17, 15) is 9.90 Å². The molecule has 0 aliphatic carbocycles. The molecule has 0 saturated carbocycles. The highest BCUT2D eigenvalue weighted by atomic mass is 79.9. The molecule has 0 aromatic heterocycles. The van der Waals surface area contributed by atoms with Crippen molar-refractivity contribution in [1.82, 2.24) is 10.2 Å². The van der Waals surface area contributed by atoms with E-state index < -0.39 is 0 Å². The lowest BCUT2D eigenvalue weighted by molar-refractivity contribution is -0.129. The number of amides is 1. The molecule has 1 heterocycles. The maximum atomic E-state index is 11.9. The average molecular weight is 327 g/mol. The molecule has 104 valence electrons. The molecule has 2 N–H and O–H groups in total. The van der Waals surface area contributed by atoms with E-state index >= 15 is 0 Å². The minimum atomic E-state index is -0.323. The van der Waals surface area contributed by atoms with Crippen LogP contribution in [-0.2, 0) is 11.3 Å². The Hall–Kier alpha value is -1.07. The summed E-state index contributed by atoms with van der Waals surface area (Å²) in [5, 5.41) is 12.6. The number of rotatable bonds is 3. The first-order chi connectivity index (χ1) is 8.94. The predicted octanol–water partition coefficient (Wildman–Crippen LogP) is 2.11. The maximum Gasteiger partial charge on any atom is 0.227 e. The molecule has 1 aromatic rings. The van der Waals surface area contributed by atoms with E-state index in [1.807, 2.05) is 19.1 Å². The molecule has 2 rings (SSSR count). The van der Waals surface area contributed by atoms with Crippen molar-refractivity contribution < 1.29 is 9.90 Å². The molecule has 0 spiro atoms. The summed E-state index contributed by atoms with van der Waals surface area (Å²) in [6.45, 7) is 4.25. The SMILES string of the molecule is CNC(=O)C1(C)CCN(Cc2cc(Br)ccc2O)C1. The van der Waals surface area contributed by atoms with Gasteiger partial charge < -0.3 is 10.4 Å². The summed E-state index contributed by atoms with van der Waals surface area (Å²) in [6.07, 6.45) is 0.849. The lowest BCUT2D eigenvalue weighted by atomic mass is 9.89. The molecule has 0 bridgehead atoms. The van der Waals surface area contributed by atoms with Gasteiger partial charge in [0.25, 0.3) is 0 Å². The third-order valence-corrected chi connectivity index (χ3v) is 4.26. The van der Waals surface area contributed by atoms with Gasteiger partial charge in [-0.25, -0.2) is 0 Å². The van der Waals surface area contributed by atoms with Gasteiger partial charge in [-0.15, -0.1) is 0 Å². The van der Waals surface area contributed by atoms with Crippen LogP contribution in [0.4, 0.5) is 0 Å². The van der Waals surface area contributed by atoms with Crippen LogP contribution in [0.2, 0.25) is 0 Å². The van der Waals surface area contributed by atoms with Crippen LogP contribution in [0.15, 0.2) is 22.7 Å². The fraction of sp³-hybridized carbons (Fsp3) is 0.500. The van der Waals surface area contributed by atoms with Gasteiger partial charge in [-0.3, -0.25) is 9.69 Å². The molecule has 1 aliphatic rings. The first-order valence-electron chi connectivity index (χ1n) is 6.36. The van der Waals surface area contributed by atoms with Gasteiger partial charge in [-0.05, 0) is 38.1 Å². The van der Waals surface area contributed by atoms with Crippen molar-refractivity contribution in [3.8, 4) is 5.75 Å². The predicted molar refractivity (Wildman–Crippen MR) is 77.9 cm³/mol. The quantitative estimate of drug-likeness (QED) is 0.894. The van der Waals surface area contributed by atoms with Crippen LogP contribution < -0.4 is 5.32 Å². The van der Waals surface area contributed by atoms with Gasteiger partial charge in [-0.1, -0.05) is 15.9 Å². The first-order valence-corrected chi connectivity index (χ1v) is 7.16. The van der Waals surface area contributed by atoms with Crippen LogP contribution in [0.5, 0.6) is 5.75 Å². The molecule has 19 heavy (non-hydrogen) atoms. The number of benzene rings is 1. The van der Waals surface area contributed by atoms with Gasteiger partial charge in [-0.2, -0.15) is 0 Å². The van der Waals surface area contributed by atoms with Gasteiger partial charge in [0, 0.05) is 30.2 Å². The Morgan fingerprint density at radius 1 is 1.58 bits per heavy atom. The molecular formula is C14H19BrN2O2. The number of halogens is 1. The number of nitrogens with one attached hydrogen (secondary N) is 1. The summed E-state index contributed by atoms with van der Waals surface area (Å²) < 4.78 is 0.952. The van der Waals surface area contributed by atoms with Gasteiger partial charge in [0.15, 0.2) is 0 Å². The molecule has 1 saturated heterocycles. The smallest absolute Gasteiger partial charge is 0.227 e. The fourth-order valence-electron chi connectivity index (χ4n) is 2.60. The Bertz CT molecular complexity index is 492. The molecule has 1 amide bonds. The molecular weight excluding hydrogens is 308 g/mol. The summed E-state index contributed by atoms with van der Waals surface area (Å²) >= 11 is 3.41. The van der Waals surface area contributed by atoms with Crippen LogP contribution in [0.25, 0.3) is 0 Å². The van der Waals surface area contributed by atoms with Crippen molar-refractivity contribution in [1.29, 1.82) is 0 Å². The Kier molecular flexibility index (Phi) is 4.16. The lowest BCUT2D eigenvalue weighted by Crippen LogP contribution is -2.39. The molecule has 0 radical (unpaired) electrons. The summed E-state index contributed by atoms with van der Waals surface area (Å²) in [7, 11) is 1.68. The number of carbonyl (C=O) groups excluding carboxylic acids is 1. The van der Waals surface area contributed by atoms with Crippen molar-refractivity contribution in [2.24, 2.45) is 5.41 Å². The number of nitrogens with zero attached hydrogens (tertiary/aromatic N) is 1. The second-order valence-electron chi connectivity index (χ2n) is 5.37. The third kappa shape index (κ3) is 3.09. The molecule has 1 aromatic carbocycles. The Morgan fingerprint density at radius 3 is 3.00 bits per heavy atom. The Labute approximate surface area is 121 Å². The molecule has 1 fully saturated rings. The van der Waals surface area contributed by atoms with Crippen molar-refractivity contribution in [3.05, 3.63) is 28.2 Å². The largest absolute Gasteiger partial charge is 0.508 e. The van der Waals surface area contributed by atoms with E-state index in [4.69, 9.17) is 0 Å². The van der Waals surface area contributed by atoms with Crippen LogP contribution >= 0.6 is 15.9 Å². The molecule has 5 heteroatoms. The van der Waals surface area contributed by atoms with Crippen molar-refractivity contribution in [2.75, 3.05) is 20.1 Å².